The van der Waals surface area contributed by atoms with Gasteiger partial charge >= 0.3 is 0 Å². The van der Waals surface area contributed by atoms with Gasteiger partial charge in [0.2, 0.25) is 0 Å². The molecule has 0 bridgehead atoms. The van der Waals surface area contributed by atoms with Crippen LogP contribution in [0.4, 0.5) is 0 Å². The highest BCUT2D eigenvalue weighted by molar-refractivity contribution is 5.21. The molecular weight excluding hydrogens is 190 g/mol. The van der Waals surface area contributed by atoms with Gasteiger partial charge < -0.3 is 14.5 Å². The topological polar surface area (TPSA) is 34.4 Å². The van der Waals surface area contributed by atoms with Crippen molar-refractivity contribution < 1.29 is 9.15 Å². The second-order valence-electron chi connectivity index (χ2n) is 5.13. The lowest BCUT2D eigenvalue weighted by molar-refractivity contribution is 0.0123. The van der Waals surface area contributed by atoms with Crippen LogP contribution in [0.15, 0.2) is 16.5 Å². The summed E-state index contributed by atoms with van der Waals surface area (Å²) in [4.78, 5) is 0. The van der Waals surface area contributed by atoms with Crippen LogP contribution >= 0.6 is 0 Å². The van der Waals surface area contributed by atoms with Crippen molar-refractivity contribution in [2.75, 3.05) is 13.1 Å². The first-order valence-electron chi connectivity index (χ1n) is 5.66. The lowest BCUT2D eigenvalue weighted by Gasteiger charge is -2.38. The monoisotopic (exact) mass is 207 g/mol. The largest absolute Gasteiger partial charge is 0.456 e. The van der Waals surface area contributed by atoms with Crippen molar-refractivity contribution in [3.8, 4) is 5.95 Å². The predicted octanol–water partition coefficient (Wildman–Crippen LogP) is 2.14. The normalized spacial score (nSPS) is 32.1. The Hall–Kier alpha value is -0.960. The fourth-order valence-corrected chi connectivity index (χ4v) is 2.10. The summed E-state index contributed by atoms with van der Waals surface area (Å²) in [6, 6.07) is 4.00. The molecule has 15 heavy (non-hydrogen) atoms. The van der Waals surface area contributed by atoms with Crippen molar-refractivity contribution >= 4 is 0 Å². The Balaban J connectivity index is 1.68. The van der Waals surface area contributed by atoms with Crippen LogP contribution in [0.1, 0.15) is 31.9 Å². The van der Waals surface area contributed by atoms with Crippen LogP contribution in [-0.4, -0.2) is 18.7 Å². The molecule has 3 nitrogen and oxygen atoms in total. The van der Waals surface area contributed by atoms with Gasteiger partial charge in [-0.3, -0.25) is 0 Å². The van der Waals surface area contributed by atoms with Gasteiger partial charge in [0.05, 0.1) is 0 Å². The number of hydrogen-bond acceptors (Lipinski definition) is 3. The zero-order valence-electron chi connectivity index (χ0n) is 9.25. The molecule has 1 saturated heterocycles. The van der Waals surface area contributed by atoms with Crippen LogP contribution in [-0.2, 0) is 0 Å². The van der Waals surface area contributed by atoms with E-state index in [1.807, 2.05) is 6.07 Å². The van der Waals surface area contributed by atoms with Crippen LogP contribution in [0.2, 0.25) is 0 Å². The van der Waals surface area contributed by atoms with E-state index in [-0.39, 0.29) is 5.60 Å². The molecule has 2 aliphatic rings. The van der Waals surface area contributed by atoms with Gasteiger partial charge in [0.1, 0.15) is 11.4 Å². The third-order valence-corrected chi connectivity index (χ3v) is 3.42. The minimum Gasteiger partial charge on any atom is -0.456 e. The smallest absolute Gasteiger partial charge is 0.285 e. The number of hydrogen-bond donors (Lipinski definition) is 1. The van der Waals surface area contributed by atoms with Gasteiger partial charge in [-0.2, -0.15) is 0 Å². The van der Waals surface area contributed by atoms with Crippen molar-refractivity contribution in [3.63, 3.8) is 0 Å². The Bertz CT molecular complexity index is 367. The molecule has 2 fully saturated rings. The van der Waals surface area contributed by atoms with Crippen LogP contribution < -0.4 is 10.1 Å². The van der Waals surface area contributed by atoms with Crippen LogP contribution in [0, 0.1) is 5.92 Å². The maximum atomic E-state index is 5.80. The lowest BCUT2D eigenvalue weighted by Crippen LogP contribution is -2.60. The Kier molecular flexibility index (Phi) is 1.87. The standard InChI is InChI=1S/C12H17NO2/c1-8-5-9(8)10-3-4-11(14-10)15-12(2)6-13-7-12/h3-4,8-9,13H,5-7H2,1-2H3. The molecular formula is C12H17NO2. The second kappa shape index (κ2) is 3.01. The Morgan fingerprint density at radius 1 is 1.47 bits per heavy atom. The number of ether oxygens (including phenoxy) is 1. The molecule has 0 aromatic carbocycles. The third kappa shape index (κ3) is 1.65. The molecule has 1 N–H and O–H groups in total. The van der Waals surface area contributed by atoms with Crippen molar-refractivity contribution in [1.82, 2.24) is 5.32 Å². The molecule has 0 radical (unpaired) electrons. The summed E-state index contributed by atoms with van der Waals surface area (Å²) < 4.78 is 11.5. The summed E-state index contributed by atoms with van der Waals surface area (Å²) in [5.74, 6) is 3.18. The molecule has 1 aromatic rings. The number of furan rings is 1. The van der Waals surface area contributed by atoms with Gasteiger partial charge in [-0.25, -0.2) is 0 Å². The summed E-state index contributed by atoms with van der Waals surface area (Å²) >= 11 is 0. The van der Waals surface area contributed by atoms with E-state index in [2.05, 4.69) is 25.2 Å². The van der Waals surface area contributed by atoms with Crippen molar-refractivity contribution in [1.29, 1.82) is 0 Å². The first-order chi connectivity index (χ1) is 7.16. The van der Waals surface area contributed by atoms with E-state index in [1.54, 1.807) is 0 Å². The van der Waals surface area contributed by atoms with E-state index >= 15 is 0 Å². The van der Waals surface area contributed by atoms with Crippen LogP contribution in [0.5, 0.6) is 5.95 Å². The molecule has 2 unspecified atom stereocenters. The van der Waals surface area contributed by atoms with Gasteiger partial charge in [0.15, 0.2) is 0 Å². The first-order valence-corrected chi connectivity index (χ1v) is 5.66. The van der Waals surface area contributed by atoms with E-state index < -0.39 is 0 Å². The quantitative estimate of drug-likeness (QED) is 0.824. The second-order valence-corrected chi connectivity index (χ2v) is 5.13. The average Bonchev–Trinajstić information content (AvgIpc) is 2.71. The van der Waals surface area contributed by atoms with E-state index in [0.717, 1.165) is 24.8 Å². The van der Waals surface area contributed by atoms with Crippen molar-refractivity contribution in [2.45, 2.75) is 31.8 Å². The van der Waals surface area contributed by atoms with E-state index in [4.69, 9.17) is 9.15 Å². The highest BCUT2D eigenvalue weighted by atomic mass is 16.6. The van der Waals surface area contributed by atoms with E-state index in [1.165, 1.54) is 6.42 Å². The molecule has 0 amide bonds. The molecule has 0 spiro atoms. The zero-order valence-corrected chi connectivity index (χ0v) is 9.25. The van der Waals surface area contributed by atoms with Crippen LogP contribution in [0.3, 0.4) is 0 Å². The summed E-state index contributed by atoms with van der Waals surface area (Å²) in [6.07, 6.45) is 1.26. The molecule has 82 valence electrons. The average molecular weight is 207 g/mol. The predicted molar refractivity (Wildman–Crippen MR) is 57.1 cm³/mol. The summed E-state index contributed by atoms with van der Waals surface area (Å²) in [6.45, 7) is 6.17. The summed E-state index contributed by atoms with van der Waals surface area (Å²) in [5.41, 5.74) is -0.0652. The highest BCUT2D eigenvalue weighted by Crippen LogP contribution is 2.48. The molecule has 1 saturated carbocycles. The molecule has 1 aromatic heterocycles. The molecule has 3 heteroatoms. The van der Waals surface area contributed by atoms with Gasteiger partial charge in [-0.1, -0.05) is 6.92 Å². The third-order valence-electron chi connectivity index (χ3n) is 3.42. The fraction of sp³-hybridized carbons (Fsp3) is 0.667. The van der Waals surface area contributed by atoms with Gasteiger partial charge in [-0.15, -0.1) is 0 Å². The van der Waals surface area contributed by atoms with Gasteiger partial charge in [-0.05, 0) is 25.3 Å². The van der Waals surface area contributed by atoms with Crippen LogP contribution in [0.25, 0.3) is 0 Å². The minimum absolute atomic E-state index is 0.0652. The summed E-state index contributed by atoms with van der Waals surface area (Å²) in [7, 11) is 0. The molecule has 1 aliphatic heterocycles. The summed E-state index contributed by atoms with van der Waals surface area (Å²) in [5, 5.41) is 3.20. The number of rotatable bonds is 3. The fourth-order valence-electron chi connectivity index (χ4n) is 2.10. The molecule has 3 rings (SSSR count). The van der Waals surface area contributed by atoms with E-state index in [9.17, 15) is 0 Å². The first kappa shape index (κ1) is 9.28. The Labute approximate surface area is 89.8 Å². The Morgan fingerprint density at radius 3 is 2.73 bits per heavy atom. The van der Waals surface area contributed by atoms with Crippen molar-refractivity contribution in [2.24, 2.45) is 5.92 Å². The Morgan fingerprint density at radius 2 is 2.20 bits per heavy atom. The lowest BCUT2D eigenvalue weighted by atomic mass is 10.0. The van der Waals surface area contributed by atoms with Gasteiger partial charge in [0, 0.05) is 25.1 Å². The highest BCUT2D eigenvalue weighted by Gasteiger charge is 2.38. The van der Waals surface area contributed by atoms with Gasteiger partial charge in [0.25, 0.3) is 5.95 Å². The molecule has 1 aliphatic carbocycles. The minimum atomic E-state index is -0.0652. The SMILES string of the molecule is CC1CC1c1ccc(OC2(C)CNC2)o1. The maximum absolute atomic E-state index is 5.80. The molecule has 2 heterocycles. The number of nitrogens with one attached hydrogen (secondary N) is 1. The maximum Gasteiger partial charge on any atom is 0.285 e. The molecule has 2 atom stereocenters. The van der Waals surface area contributed by atoms with Crippen molar-refractivity contribution in [3.05, 3.63) is 17.9 Å². The van der Waals surface area contributed by atoms with E-state index in [0.29, 0.717) is 11.9 Å². The zero-order chi connectivity index (χ0) is 10.5.